The molecule has 2 atom stereocenters. The fourth-order valence-electron chi connectivity index (χ4n) is 1.45. The van der Waals surface area contributed by atoms with Gasteiger partial charge >= 0.3 is 11.9 Å². The Kier molecular flexibility index (Phi) is 2.17. The SMILES string of the molecule is CC1=CC(C(=O)O)C(C(=O)O)C1. The van der Waals surface area contributed by atoms with Gasteiger partial charge in [0.25, 0.3) is 0 Å². The molecule has 0 bridgehead atoms. The molecule has 4 nitrogen and oxygen atoms in total. The van der Waals surface area contributed by atoms with Crippen molar-refractivity contribution in [1.82, 2.24) is 0 Å². The van der Waals surface area contributed by atoms with E-state index in [-0.39, 0.29) is 0 Å². The Morgan fingerprint density at radius 2 is 2.00 bits per heavy atom. The Balaban J connectivity index is 2.81. The van der Waals surface area contributed by atoms with Gasteiger partial charge in [0.05, 0.1) is 11.8 Å². The highest BCUT2D eigenvalue weighted by Crippen LogP contribution is 2.30. The Bertz CT molecular complexity index is 254. The van der Waals surface area contributed by atoms with Gasteiger partial charge in [-0.05, 0) is 13.3 Å². The van der Waals surface area contributed by atoms with E-state index in [1.165, 1.54) is 6.08 Å². The second-order valence-corrected chi connectivity index (χ2v) is 3.03. The van der Waals surface area contributed by atoms with E-state index in [2.05, 4.69) is 0 Å². The maximum atomic E-state index is 10.6. The molecule has 0 heterocycles. The zero-order valence-corrected chi connectivity index (χ0v) is 6.65. The third-order valence-corrected chi connectivity index (χ3v) is 2.04. The minimum Gasteiger partial charge on any atom is -0.481 e. The van der Waals surface area contributed by atoms with Crippen LogP contribution >= 0.6 is 0 Å². The molecule has 0 aromatic carbocycles. The summed E-state index contributed by atoms with van der Waals surface area (Å²) < 4.78 is 0. The Morgan fingerprint density at radius 3 is 2.33 bits per heavy atom. The molecule has 0 radical (unpaired) electrons. The molecule has 1 aliphatic rings. The molecule has 2 N–H and O–H groups in total. The van der Waals surface area contributed by atoms with Gasteiger partial charge < -0.3 is 10.2 Å². The number of allylic oxidation sites excluding steroid dienone is 1. The second-order valence-electron chi connectivity index (χ2n) is 3.03. The van der Waals surface area contributed by atoms with Gasteiger partial charge in [0.15, 0.2) is 0 Å². The summed E-state index contributed by atoms with van der Waals surface area (Å²) in [5.74, 6) is -3.71. The van der Waals surface area contributed by atoms with Crippen LogP contribution in [0.4, 0.5) is 0 Å². The molecule has 1 aliphatic carbocycles. The highest BCUT2D eigenvalue weighted by atomic mass is 16.4. The van der Waals surface area contributed by atoms with Gasteiger partial charge in [0.2, 0.25) is 0 Å². The lowest BCUT2D eigenvalue weighted by atomic mass is 9.96. The summed E-state index contributed by atoms with van der Waals surface area (Å²) in [6, 6.07) is 0. The van der Waals surface area contributed by atoms with E-state index in [1.807, 2.05) is 0 Å². The van der Waals surface area contributed by atoms with E-state index in [9.17, 15) is 9.59 Å². The molecular formula is C8H10O4. The topological polar surface area (TPSA) is 74.6 Å². The minimum absolute atomic E-state index is 0.353. The van der Waals surface area contributed by atoms with Crippen LogP contribution in [0.25, 0.3) is 0 Å². The minimum atomic E-state index is -1.06. The molecule has 0 aromatic rings. The number of carboxylic acid groups (broad SMARTS) is 2. The fraction of sp³-hybridized carbons (Fsp3) is 0.500. The van der Waals surface area contributed by atoms with Gasteiger partial charge in [-0.2, -0.15) is 0 Å². The molecule has 0 saturated carbocycles. The van der Waals surface area contributed by atoms with Crippen LogP contribution in [0.2, 0.25) is 0 Å². The number of hydrogen-bond acceptors (Lipinski definition) is 2. The van der Waals surface area contributed by atoms with E-state index in [4.69, 9.17) is 10.2 Å². The van der Waals surface area contributed by atoms with Crippen molar-refractivity contribution in [3.05, 3.63) is 11.6 Å². The fourth-order valence-corrected chi connectivity index (χ4v) is 1.45. The molecule has 66 valence electrons. The van der Waals surface area contributed by atoms with Crippen LogP contribution in [0.15, 0.2) is 11.6 Å². The summed E-state index contributed by atoms with van der Waals surface area (Å²) in [6.45, 7) is 1.75. The summed E-state index contributed by atoms with van der Waals surface area (Å²) in [5, 5.41) is 17.3. The van der Waals surface area contributed by atoms with Gasteiger partial charge in [-0.3, -0.25) is 9.59 Å². The molecular weight excluding hydrogens is 160 g/mol. The van der Waals surface area contributed by atoms with Gasteiger partial charge in [-0.15, -0.1) is 0 Å². The average Bonchev–Trinajstić information content (AvgIpc) is 2.31. The van der Waals surface area contributed by atoms with Crippen LogP contribution < -0.4 is 0 Å². The van der Waals surface area contributed by atoms with Crippen molar-refractivity contribution < 1.29 is 19.8 Å². The molecule has 12 heavy (non-hydrogen) atoms. The predicted molar refractivity (Wildman–Crippen MR) is 40.6 cm³/mol. The zero-order valence-electron chi connectivity index (χ0n) is 6.65. The largest absolute Gasteiger partial charge is 0.481 e. The Morgan fingerprint density at radius 1 is 1.42 bits per heavy atom. The van der Waals surface area contributed by atoms with Crippen LogP contribution in [0.5, 0.6) is 0 Å². The Labute approximate surface area is 69.5 Å². The number of carboxylic acids is 2. The van der Waals surface area contributed by atoms with Gasteiger partial charge in [-0.25, -0.2) is 0 Å². The molecule has 4 heteroatoms. The molecule has 0 aromatic heterocycles. The smallest absolute Gasteiger partial charge is 0.311 e. The van der Waals surface area contributed by atoms with Crippen molar-refractivity contribution in [3.63, 3.8) is 0 Å². The average molecular weight is 170 g/mol. The maximum absolute atomic E-state index is 10.6. The van der Waals surface area contributed by atoms with Gasteiger partial charge in [0.1, 0.15) is 0 Å². The lowest BCUT2D eigenvalue weighted by Crippen LogP contribution is -2.24. The van der Waals surface area contributed by atoms with Crippen molar-refractivity contribution in [2.75, 3.05) is 0 Å². The highest BCUT2D eigenvalue weighted by Gasteiger charge is 2.36. The van der Waals surface area contributed by atoms with E-state index >= 15 is 0 Å². The van der Waals surface area contributed by atoms with Crippen LogP contribution in [0.3, 0.4) is 0 Å². The first kappa shape index (κ1) is 8.77. The molecule has 0 saturated heterocycles. The maximum Gasteiger partial charge on any atom is 0.311 e. The molecule has 0 fully saturated rings. The highest BCUT2D eigenvalue weighted by molar-refractivity contribution is 5.83. The summed E-state index contributed by atoms with van der Waals surface area (Å²) in [4.78, 5) is 21.1. The molecule has 2 unspecified atom stereocenters. The number of hydrogen-bond donors (Lipinski definition) is 2. The van der Waals surface area contributed by atoms with Crippen LogP contribution in [0.1, 0.15) is 13.3 Å². The normalized spacial score (nSPS) is 28.2. The molecule has 0 amide bonds. The van der Waals surface area contributed by atoms with E-state index in [1.54, 1.807) is 6.92 Å². The predicted octanol–water partition coefficient (Wildman–Crippen LogP) is 0.738. The summed E-state index contributed by atoms with van der Waals surface area (Å²) in [6.07, 6.45) is 1.87. The van der Waals surface area contributed by atoms with Crippen LogP contribution in [-0.2, 0) is 9.59 Å². The molecule has 1 rings (SSSR count). The van der Waals surface area contributed by atoms with E-state index < -0.39 is 23.8 Å². The van der Waals surface area contributed by atoms with Crippen molar-refractivity contribution >= 4 is 11.9 Å². The molecule has 0 aliphatic heterocycles. The van der Waals surface area contributed by atoms with E-state index in [0.717, 1.165) is 5.57 Å². The lowest BCUT2D eigenvalue weighted by molar-refractivity contribution is -0.151. The van der Waals surface area contributed by atoms with Gasteiger partial charge in [-0.1, -0.05) is 11.6 Å². The first-order valence-corrected chi connectivity index (χ1v) is 3.65. The van der Waals surface area contributed by atoms with E-state index in [0.29, 0.717) is 6.42 Å². The lowest BCUT2D eigenvalue weighted by Gasteiger charge is -2.09. The van der Waals surface area contributed by atoms with Crippen molar-refractivity contribution in [1.29, 1.82) is 0 Å². The van der Waals surface area contributed by atoms with Crippen molar-refractivity contribution in [2.45, 2.75) is 13.3 Å². The third-order valence-electron chi connectivity index (χ3n) is 2.04. The standard InChI is InChI=1S/C8H10O4/c1-4-2-5(7(9)10)6(3-4)8(11)12/h2,5-6H,3H2,1H3,(H,9,10)(H,11,12). The summed E-state index contributed by atoms with van der Waals surface area (Å²) in [5.41, 5.74) is 0.842. The second kappa shape index (κ2) is 2.97. The van der Waals surface area contributed by atoms with Crippen LogP contribution in [-0.4, -0.2) is 22.2 Å². The van der Waals surface area contributed by atoms with Gasteiger partial charge in [0, 0.05) is 0 Å². The number of rotatable bonds is 2. The third kappa shape index (κ3) is 1.47. The first-order chi connectivity index (χ1) is 5.52. The summed E-state index contributed by atoms with van der Waals surface area (Å²) in [7, 11) is 0. The van der Waals surface area contributed by atoms with Crippen molar-refractivity contribution in [3.8, 4) is 0 Å². The Hall–Kier alpha value is -1.32. The monoisotopic (exact) mass is 170 g/mol. The quantitative estimate of drug-likeness (QED) is 0.599. The van der Waals surface area contributed by atoms with Crippen LogP contribution in [0, 0.1) is 11.8 Å². The first-order valence-electron chi connectivity index (χ1n) is 3.65. The zero-order chi connectivity index (χ0) is 9.30. The molecule has 0 spiro atoms. The number of aliphatic carboxylic acids is 2. The summed E-state index contributed by atoms with van der Waals surface area (Å²) >= 11 is 0. The van der Waals surface area contributed by atoms with Crippen molar-refractivity contribution in [2.24, 2.45) is 11.8 Å². The number of carbonyl (C=O) groups is 2.